The van der Waals surface area contributed by atoms with Crippen molar-refractivity contribution in [2.45, 2.75) is 18.4 Å². The average Bonchev–Trinajstić information content (AvgIpc) is 2.98. The molecule has 0 spiro atoms. The van der Waals surface area contributed by atoms with E-state index in [-0.39, 0.29) is 5.54 Å². The Labute approximate surface area is 95.0 Å². The van der Waals surface area contributed by atoms with E-state index in [9.17, 15) is 0 Å². The van der Waals surface area contributed by atoms with Crippen LogP contribution in [-0.2, 0) is 0 Å². The number of ether oxygens (including phenoxy) is 1. The topological polar surface area (TPSA) is 25.4 Å². The van der Waals surface area contributed by atoms with Crippen LogP contribution in [0.15, 0.2) is 18.3 Å². The molecule has 0 saturated heterocycles. The Morgan fingerprint density at radius 2 is 2.20 bits per heavy atom. The van der Waals surface area contributed by atoms with Crippen LogP contribution in [0.5, 0.6) is 5.75 Å². The molecule has 1 aliphatic carbocycles. The molecule has 0 N–H and O–H groups in total. The minimum atomic E-state index is 0.250. The standard InChI is InChI=1S/C11H15ClN2O/c1-14(2)11(5-6-11)8-15-9-3-4-10(12)13-7-9/h3-4,7H,5-6,8H2,1-2H3. The van der Waals surface area contributed by atoms with Gasteiger partial charge in [-0.1, -0.05) is 11.6 Å². The van der Waals surface area contributed by atoms with E-state index >= 15 is 0 Å². The number of hydrogen-bond acceptors (Lipinski definition) is 3. The van der Waals surface area contributed by atoms with E-state index in [2.05, 4.69) is 24.0 Å². The second-order valence-electron chi connectivity index (χ2n) is 4.22. The van der Waals surface area contributed by atoms with Gasteiger partial charge in [0.05, 0.1) is 11.7 Å². The SMILES string of the molecule is CN(C)C1(COc2ccc(Cl)nc2)CC1. The summed E-state index contributed by atoms with van der Waals surface area (Å²) in [6, 6.07) is 3.59. The molecule has 1 fully saturated rings. The lowest BCUT2D eigenvalue weighted by Gasteiger charge is -2.23. The quantitative estimate of drug-likeness (QED) is 0.737. The molecule has 3 nitrogen and oxygen atoms in total. The molecule has 0 radical (unpaired) electrons. The van der Waals surface area contributed by atoms with Crippen LogP contribution in [0.3, 0.4) is 0 Å². The Kier molecular flexibility index (Phi) is 2.85. The number of pyridine rings is 1. The summed E-state index contributed by atoms with van der Waals surface area (Å²) in [5, 5.41) is 0.496. The van der Waals surface area contributed by atoms with E-state index in [1.807, 2.05) is 6.07 Å². The van der Waals surface area contributed by atoms with Gasteiger partial charge in [-0.05, 0) is 39.1 Å². The first-order chi connectivity index (χ1) is 7.12. The Morgan fingerprint density at radius 1 is 1.47 bits per heavy atom. The molecule has 0 unspecified atom stereocenters. The van der Waals surface area contributed by atoms with Gasteiger partial charge >= 0.3 is 0 Å². The molecule has 1 aromatic rings. The van der Waals surface area contributed by atoms with Crippen LogP contribution in [0.25, 0.3) is 0 Å². The van der Waals surface area contributed by atoms with Crippen LogP contribution in [0.4, 0.5) is 0 Å². The summed E-state index contributed by atoms with van der Waals surface area (Å²) in [4.78, 5) is 6.20. The van der Waals surface area contributed by atoms with Crippen LogP contribution in [0.2, 0.25) is 5.15 Å². The maximum atomic E-state index is 5.69. The lowest BCUT2D eigenvalue weighted by atomic mass is 10.3. The van der Waals surface area contributed by atoms with E-state index in [0.29, 0.717) is 5.15 Å². The van der Waals surface area contributed by atoms with Gasteiger partial charge in [-0.2, -0.15) is 0 Å². The molecule has 0 aliphatic heterocycles. The lowest BCUT2D eigenvalue weighted by molar-refractivity contribution is 0.167. The van der Waals surface area contributed by atoms with Gasteiger partial charge in [-0.15, -0.1) is 0 Å². The molecule has 0 amide bonds. The third-order valence-corrected chi connectivity index (χ3v) is 3.21. The first-order valence-corrected chi connectivity index (χ1v) is 5.42. The first kappa shape index (κ1) is 10.7. The van der Waals surface area contributed by atoms with Crippen molar-refractivity contribution in [3.8, 4) is 5.75 Å². The second kappa shape index (κ2) is 3.99. The van der Waals surface area contributed by atoms with Crippen LogP contribution in [0.1, 0.15) is 12.8 Å². The molecule has 1 saturated carbocycles. The Hall–Kier alpha value is -0.800. The molecule has 0 aromatic carbocycles. The van der Waals surface area contributed by atoms with E-state index in [1.54, 1.807) is 12.3 Å². The predicted octanol–water partition coefficient (Wildman–Crippen LogP) is 2.21. The fourth-order valence-electron chi connectivity index (χ4n) is 1.53. The average molecular weight is 227 g/mol. The van der Waals surface area contributed by atoms with Gasteiger partial charge in [0.1, 0.15) is 17.5 Å². The number of halogens is 1. The van der Waals surface area contributed by atoms with Gasteiger partial charge in [-0.25, -0.2) is 4.98 Å². The zero-order valence-corrected chi connectivity index (χ0v) is 9.79. The van der Waals surface area contributed by atoms with Crippen LogP contribution < -0.4 is 4.74 Å². The van der Waals surface area contributed by atoms with Gasteiger partial charge in [0.15, 0.2) is 0 Å². The van der Waals surface area contributed by atoms with Crippen molar-refractivity contribution in [3.63, 3.8) is 0 Å². The number of likely N-dealkylation sites (N-methyl/N-ethyl adjacent to an activating group) is 1. The summed E-state index contributed by atoms with van der Waals surface area (Å²) < 4.78 is 5.69. The highest BCUT2D eigenvalue weighted by atomic mass is 35.5. The third-order valence-electron chi connectivity index (χ3n) is 2.98. The molecule has 2 rings (SSSR count). The van der Waals surface area contributed by atoms with E-state index in [4.69, 9.17) is 16.3 Å². The molecule has 1 heterocycles. The van der Waals surface area contributed by atoms with Crippen molar-refractivity contribution in [2.75, 3.05) is 20.7 Å². The van der Waals surface area contributed by atoms with Crippen LogP contribution in [0, 0.1) is 0 Å². The van der Waals surface area contributed by atoms with Crippen molar-refractivity contribution in [2.24, 2.45) is 0 Å². The maximum Gasteiger partial charge on any atom is 0.137 e. The Morgan fingerprint density at radius 3 is 2.67 bits per heavy atom. The van der Waals surface area contributed by atoms with E-state index in [0.717, 1.165) is 12.4 Å². The number of rotatable bonds is 4. The molecule has 1 aliphatic rings. The molecule has 0 bridgehead atoms. The van der Waals surface area contributed by atoms with Crippen molar-refractivity contribution in [3.05, 3.63) is 23.5 Å². The maximum absolute atomic E-state index is 5.69. The Balaban J connectivity index is 1.91. The molecule has 1 aromatic heterocycles. The third kappa shape index (κ3) is 2.41. The summed E-state index contributed by atoms with van der Waals surface area (Å²) >= 11 is 5.69. The van der Waals surface area contributed by atoms with Crippen LogP contribution in [-0.4, -0.2) is 36.1 Å². The Bertz CT molecular complexity index is 333. The van der Waals surface area contributed by atoms with Gasteiger partial charge in [-0.3, -0.25) is 0 Å². The molecule has 4 heteroatoms. The van der Waals surface area contributed by atoms with Crippen molar-refractivity contribution in [1.82, 2.24) is 9.88 Å². The van der Waals surface area contributed by atoms with E-state index < -0.39 is 0 Å². The highest BCUT2D eigenvalue weighted by molar-refractivity contribution is 6.29. The van der Waals surface area contributed by atoms with Crippen molar-refractivity contribution >= 4 is 11.6 Å². The van der Waals surface area contributed by atoms with Crippen molar-refractivity contribution in [1.29, 1.82) is 0 Å². The fourth-order valence-corrected chi connectivity index (χ4v) is 1.64. The summed E-state index contributed by atoms with van der Waals surface area (Å²) in [7, 11) is 4.19. The minimum Gasteiger partial charge on any atom is -0.490 e. The fraction of sp³-hybridized carbons (Fsp3) is 0.545. The van der Waals surface area contributed by atoms with E-state index in [1.165, 1.54) is 12.8 Å². The second-order valence-corrected chi connectivity index (χ2v) is 4.61. The smallest absolute Gasteiger partial charge is 0.137 e. The van der Waals surface area contributed by atoms with Crippen molar-refractivity contribution < 1.29 is 4.74 Å². The summed E-state index contributed by atoms with van der Waals surface area (Å²) in [5.41, 5.74) is 0.250. The number of aromatic nitrogens is 1. The molecule has 82 valence electrons. The molecule has 0 atom stereocenters. The van der Waals surface area contributed by atoms with Gasteiger partial charge < -0.3 is 9.64 Å². The monoisotopic (exact) mass is 226 g/mol. The predicted molar refractivity (Wildman–Crippen MR) is 60.4 cm³/mol. The van der Waals surface area contributed by atoms with Gasteiger partial charge in [0, 0.05) is 0 Å². The van der Waals surface area contributed by atoms with Gasteiger partial charge in [0.25, 0.3) is 0 Å². The summed E-state index contributed by atoms with van der Waals surface area (Å²) in [6.07, 6.45) is 4.08. The van der Waals surface area contributed by atoms with Crippen LogP contribution >= 0.6 is 11.6 Å². The normalized spacial score (nSPS) is 17.9. The highest BCUT2D eigenvalue weighted by Gasteiger charge is 2.45. The summed E-state index contributed by atoms with van der Waals surface area (Å²) in [6.45, 7) is 0.726. The highest BCUT2D eigenvalue weighted by Crippen LogP contribution is 2.40. The minimum absolute atomic E-state index is 0.250. The lowest BCUT2D eigenvalue weighted by Crippen LogP contribution is -2.35. The zero-order chi connectivity index (χ0) is 10.9. The zero-order valence-electron chi connectivity index (χ0n) is 9.03. The first-order valence-electron chi connectivity index (χ1n) is 5.04. The van der Waals surface area contributed by atoms with Gasteiger partial charge in [0.2, 0.25) is 0 Å². The molecular formula is C11H15ClN2O. The molecule has 15 heavy (non-hydrogen) atoms. The molecular weight excluding hydrogens is 212 g/mol. The largest absolute Gasteiger partial charge is 0.490 e. The summed E-state index contributed by atoms with van der Waals surface area (Å²) in [5.74, 6) is 0.785. The number of hydrogen-bond donors (Lipinski definition) is 0. The number of nitrogens with zero attached hydrogens (tertiary/aromatic N) is 2.